The van der Waals surface area contributed by atoms with Crippen LogP contribution in [0.1, 0.15) is 78.2 Å². The van der Waals surface area contributed by atoms with Gasteiger partial charge in [0.15, 0.2) is 5.82 Å². The van der Waals surface area contributed by atoms with Crippen LogP contribution >= 0.6 is 0 Å². The number of aromatic nitrogens is 3. The van der Waals surface area contributed by atoms with Crippen molar-refractivity contribution < 1.29 is 0 Å². The van der Waals surface area contributed by atoms with Gasteiger partial charge >= 0.3 is 0 Å². The summed E-state index contributed by atoms with van der Waals surface area (Å²) in [4.78, 5) is 14.8. The van der Waals surface area contributed by atoms with Gasteiger partial charge in [0.25, 0.3) is 0 Å². The Bertz CT molecular complexity index is 1060. The predicted octanol–water partition coefficient (Wildman–Crippen LogP) is 6.44. The highest BCUT2D eigenvalue weighted by molar-refractivity contribution is 5.86. The summed E-state index contributed by atoms with van der Waals surface area (Å²) < 4.78 is 0. The molecule has 3 aromatic rings. The molecule has 0 fully saturated rings. The maximum Gasteiger partial charge on any atom is 0.163 e. The van der Waals surface area contributed by atoms with Crippen LogP contribution in [0.2, 0.25) is 0 Å². The zero-order valence-corrected chi connectivity index (χ0v) is 18.9. The zero-order valence-electron chi connectivity index (χ0n) is 18.9. The summed E-state index contributed by atoms with van der Waals surface area (Å²) in [5.41, 5.74) is 6.01. The van der Waals surface area contributed by atoms with E-state index >= 15 is 0 Å². The minimum Gasteiger partial charge on any atom is -0.217 e. The van der Waals surface area contributed by atoms with E-state index in [2.05, 4.69) is 97.9 Å². The van der Waals surface area contributed by atoms with Crippen LogP contribution in [0.15, 0.2) is 42.5 Å². The normalized spacial score (nSPS) is 15.2. The van der Waals surface area contributed by atoms with Gasteiger partial charge in [-0.1, -0.05) is 97.9 Å². The molecule has 0 amide bonds. The van der Waals surface area contributed by atoms with Crippen LogP contribution in [0.4, 0.5) is 0 Å². The third kappa shape index (κ3) is 3.17. The van der Waals surface area contributed by atoms with E-state index in [1.165, 1.54) is 22.3 Å². The molecule has 2 aromatic carbocycles. The van der Waals surface area contributed by atoms with Crippen LogP contribution < -0.4 is 0 Å². The fourth-order valence-corrected chi connectivity index (χ4v) is 4.20. The van der Waals surface area contributed by atoms with E-state index in [0.29, 0.717) is 0 Å². The maximum atomic E-state index is 4.97. The van der Waals surface area contributed by atoms with Crippen LogP contribution in [0, 0.1) is 0 Å². The third-order valence-electron chi connectivity index (χ3n) is 5.80. The molecule has 0 unspecified atom stereocenters. The van der Waals surface area contributed by atoms with E-state index < -0.39 is 0 Å². The van der Waals surface area contributed by atoms with E-state index in [1.54, 1.807) is 0 Å². The first-order chi connectivity index (χ1) is 13.4. The minimum absolute atomic E-state index is 0.0983. The largest absolute Gasteiger partial charge is 0.217 e. The molecule has 0 atom stereocenters. The summed E-state index contributed by atoms with van der Waals surface area (Å²) in [5, 5.41) is 0. The Hall–Kier alpha value is -2.55. The molecule has 1 heterocycles. The van der Waals surface area contributed by atoms with E-state index in [4.69, 9.17) is 15.0 Å². The van der Waals surface area contributed by atoms with Gasteiger partial charge < -0.3 is 0 Å². The van der Waals surface area contributed by atoms with Gasteiger partial charge in [0, 0.05) is 21.8 Å². The first kappa shape index (κ1) is 19.8. The molecule has 29 heavy (non-hydrogen) atoms. The Morgan fingerprint density at radius 3 is 1.72 bits per heavy atom. The molecule has 0 bridgehead atoms. The molecule has 0 radical (unpaired) electrons. The van der Waals surface area contributed by atoms with Gasteiger partial charge in [0.05, 0.1) is 0 Å². The van der Waals surface area contributed by atoms with Crippen molar-refractivity contribution in [1.82, 2.24) is 15.0 Å². The number of hydrogen-bond donors (Lipinski definition) is 0. The Morgan fingerprint density at radius 1 is 0.621 bits per heavy atom. The van der Waals surface area contributed by atoms with Crippen LogP contribution in [-0.2, 0) is 16.2 Å². The van der Waals surface area contributed by atoms with Crippen molar-refractivity contribution in [2.24, 2.45) is 0 Å². The van der Waals surface area contributed by atoms with Crippen LogP contribution in [0.5, 0.6) is 0 Å². The second-order valence-corrected chi connectivity index (χ2v) is 10.7. The number of fused-ring (bicyclic) bond motifs is 3. The van der Waals surface area contributed by atoms with E-state index in [9.17, 15) is 0 Å². The average Bonchev–Trinajstić information content (AvgIpc) is 2.88. The molecule has 3 heteroatoms. The molecule has 0 saturated heterocycles. The van der Waals surface area contributed by atoms with Crippen molar-refractivity contribution in [2.45, 2.75) is 71.6 Å². The lowest BCUT2D eigenvalue weighted by Crippen LogP contribution is -2.24. The number of benzene rings is 2. The lowest BCUT2D eigenvalue weighted by Gasteiger charge is -2.26. The number of hydrogen-bond acceptors (Lipinski definition) is 3. The SMILES string of the molecule is CC(C)(C)c1nc(-c2cccc3c2C(C)(C)c2ccccc2-3)nc(C(C)(C)C)n1. The highest BCUT2D eigenvalue weighted by Crippen LogP contribution is 2.51. The van der Waals surface area contributed by atoms with Crippen LogP contribution in [0.25, 0.3) is 22.5 Å². The van der Waals surface area contributed by atoms with Gasteiger partial charge in [-0.2, -0.15) is 0 Å². The average molecular weight is 386 g/mol. The third-order valence-corrected chi connectivity index (χ3v) is 5.80. The van der Waals surface area contributed by atoms with Gasteiger partial charge in [-0.05, 0) is 22.3 Å². The molecular weight excluding hydrogens is 354 g/mol. The molecule has 4 rings (SSSR count). The highest BCUT2D eigenvalue weighted by Gasteiger charge is 2.38. The standard InChI is InChI=1S/C26H31N3/c1-24(2,3)22-27-21(28-23(29-22)25(4,5)6)18-14-11-13-17-16-12-9-10-15-19(16)26(7,8)20(17)18/h9-15H,1-8H3. The quantitative estimate of drug-likeness (QED) is 0.484. The van der Waals surface area contributed by atoms with E-state index in [-0.39, 0.29) is 16.2 Å². The first-order valence-corrected chi connectivity index (χ1v) is 10.4. The number of rotatable bonds is 1. The molecule has 3 nitrogen and oxygen atoms in total. The Morgan fingerprint density at radius 2 is 1.14 bits per heavy atom. The molecule has 150 valence electrons. The molecule has 1 aliphatic rings. The van der Waals surface area contributed by atoms with Crippen molar-refractivity contribution in [3.63, 3.8) is 0 Å². The van der Waals surface area contributed by atoms with Crippen molar-refractivity contribution >= 4 is 0 Å². The minimum atomic E-state index is -0.145. The summed E-state index contributed by atoms with van der Waals surface area (Å²) in [6, 6.07) is 15.2. The smallest absolute Gasteiger partial charge is 0.163 e. The van der Waals surface area contributed by atoms with E-state index in [1.807, 2.05) is 0 Å². The fraction of sp³-hybridized carbons (Fsp3) is 0.423. The summed E-state index contributed by atoms with van der Waals surface area (Å²) in [6.07, 6.45) is 0. The van der Waals surface area contributed by atoms with Crippen molar-refractivity contribution in [1.29, 1.82) is 0 Å². The molecule has 0 saturated carbocycles. The molecule has 0 spiro atoms. The molecule has 0 aliphatic heterocycles. The molecule has 0 N–H and O–H groups in total. The second kappa shape index (κ2) is 6.22. The molecule has 1 aromatic heterocycles. The summed E-state index contributed by atoms with van der Waals surface area (Å²) in [7, 11) is 0. The lowest BCUT2D eigenvalue weighted by atomic mass is 9.80. The topological polar surface area (TPSA) is 38.7 Å². The number of nitrogens with zero attached hydrogens (tertiary/aromatic N) is 3. The van der Waals surface area contributed by atoms with Gasteiger partial charge in [-0.25, -0.2) is 15.0 Å². The van der Waals surface area contributed by atoms with E-state index in [0.717, 1.165) is 23.0 Å². The fourth-order valence-electron chi connectivity index (χ4n) is 4.20. The van der Waals surface area contributed by atoms with Crippen molar-refractivity contribution in [2.75, 3.05) is 0 Å². The molecular formula is C26H31N3. The highest BCUT2D eigenvalue weighted by atomic mass is 15.1. The summed E-state index contributed by atoms with van der Waals surface area (Å²) >= 11 is 0. The van der Waals surface area contributed by atoms with Crippen LogP contribution in [0.3, 0.4) is 0 Å². The van der Waals surface area contributed by atoms with Gasteiger partial charge in [0.1, 0.15) is 11.6 Å². The molecule has 1 aliphatic carbocycles. The maximum absolute atomic E-state index is 4.97. The summed E-state index contributed by atoms with van der Waals surface area (Å²) in [5.74, 6) is 2.48. The summed E-state index contributed by atoms with van der Waals surface area (Å²) in [6.45, 7) is 17.6. The Labute approximate surface area is 174 Å². The first-order valence-electron chi connectivity index (χ1n) is 10.4. The predicted molar refractivity (Wildman–Crippen MR) is 120 cm³/mol. The van der Waals surface area contributed by atoms with Crippen LogP contribution in [-0.4, -0.2) is 15.0 Å². The monoisotopic (exact) mass is 385 g/mol. The van der Waals surface area contributed by atoms with Crippen molar-refractivity contribution in [3.8, 4) is 22.5 Å². The van der Waals surface area contributed by atoms with Gasteiger partial charge in [0.2, 0.25) is 0 Å². The van der Waals surface area contributed by atoms with Crippen molar-refractivity contribution in [3.05, 3.63) is 65.2 Å². The Kier molecular flexibility index (Phi) is 4.24. The van der Waals surface area contributed by atoms with Gasteiger partial charge in [-0.15, -0.1) is 0 Å². The second-order valence-electron chi connectivity index (χ2n) is 10.7. The Balaban J connectivity index is 2.02. The zero-order chi connectivity index (χ0) is 21.2. The van der Waals surface area contributed by atoms with Gasteiger partial charge in [-0.3, -0.25) is 0 Å². The lowest BCUT2D eigenvalue weighted by molar-refractivity contribution is 0.497.